The topological polar surface area (TPSA) is 121 Å². The Morgan fingerprint density at radius 1 is 0.333 bits per heavy atom. The lowest BCUT2D eigenvalue weighted by Gasteiger charge is -2.39. The summed E-state index contributed by atoms with van der Waals surface area (Å²) in [7, 11) is -1.43. The fourth-order valence-corrected chi connectivity index (χ4v) is 13.2. The molecular weight excluding hydrogens is 1060 g/mol. The number of rotatable bonds is 2. The highest BCUT2D eigenvalue weighted by Crippen LogP contribution is 2.64. The molecule has 3 saturated heterocycles. The van der Waals surface area contributed by atoms with Crippen LogP contribution in [0.3, 0.4) is 0 Å². The third-order valence-electron chi connectivity index (χ3n) is 19.4. The summed E-state index contributed by atoms with van der Waals surface area (Å²) in [5, 5.41) is 20.1. The van der Waals surface area contributed by atoms with Crippen molar-refractivity contribution >= 4 is 38.2 Å². The third kappa shape index (κ3) is 8.23. The maximum absolute atomic E-state index is 9.84. The molecule has 2 aliphatic carbocycles. The predicted molar refractivity (Wildman–Crippen MR) is 330 cm³/mol. The number of benzene rings is 8. The van der Waals surface area contributed by atoms with Crippen LogP contribution in [0, 0.1) is 22.7 Å². The number of hydrogen-bond donors (Lipinski definition) is 0. The maximum Gasteiger partial charge on any atom is 0.494 e. The molecule has 5 heterocycles. The van der Waals surface area contributed by atoms with Crippen LogP contribution in [0.4, 0.5) is 0 Å². The summed E-state index contributed by atoms with van der Waals surface area (Å²) in [6, 6.07) is 62.0. The zero-order valence-electron chi connectivity index (χ0n) is 49.4. The van der Waals surface area contributed by atoms with E-state index in [0.717, 1.165) is 95.2 Å². The second-order valence-corrected chi connectivity index (χ2v) is 26.2. The molecule has 0 bridgehead atoms. The summed E-state index contributed by atoms with van der Waals surface area (Å²) < 4.78 is 49.5. The van der Waals surface area contributed by atoms with Gasteiger partial charge >= 0.3 is 21.1 Å². The summed E-state index contributed by atoms with van der Waals surface area (Å²) in [6.07, 6.45) is 0. The van der Waals surface area contributed by atoms with E-state index < -0.39 is 43.2 Å². The molecule has 0 N–H and O–H groups in total. The van der Waals surface area contributed by atoms with Crippen molar-refractivity contribution in [1.29, 1.82) is 10.5 Å². The van der Waals surface area contributed by atoms with Crippen LogP contribution in [0.2, 0.25) is 5.02 Å². The number of nitrogens with zero attached hydrogens (tertiary/aromatic N) is 2. The van der Waals surface area contributed by atoms with E-state index in [0.29, 0.717) is 16.1 Å². The van der Waals surface area contributed by atoms with E-state index in [1.54, 1.807) is 0 Å². The average molecular weight is 1130 g/mol. The SMILES string of the molecule is CC1(C)OB(B2OC(C)(C)C(C)(C)O2)OC1(C)C.CC1(C)OB(c2ccc3c(c2)C2(c4ccccc4Oc4ccccc42)c2cc(C#N)ccc2-3)OC1(C)C.N#Cc1ccc2c(c1)C1(c3ccccc3Oc3ccccc31)c1cc(Cl)ccc1-2. The molecule has 0 atom stereocenters. The molecule has 418 valence electrons. The first kappa shape index (κ1) is 55.8. The number of fused-ring (bicyclic) bond motifs is 18. The van der Waals surface area contributed by atoms with Crippen LogP contribution < -0.4 is 14.9 Å². The fourth-order valence-electron chi connectivity index (χ4n) is 13.1. The van der Waals surface area contributed by atoms with Gasteiger partial charge in [-0.15, -0.1) is 0 Å². The minimum absolute atomic E-state index is 0.360. The molecule has 8 aromatic carbocycles. The van der Waals surface area contributed by atoms with Gasteiger partial charge in [0, 0.05) is 27.3 Å². The Morgan fingerprint density at radius 3 is 0.988 bits per heavy atom. The molecule has 0 saturated carbocycles. The van der Waals surface area contributed by atoms with Gasteiger partial charge in [-0.3, -0.25) is 0 Å². The van der Waals surface area contributed by atoms with Crippen LogP contribution in [0.1, 0.15) is 139 Å². The van der Waals surface area contributed by atoms with Gasteiger partial charge in [0.2, 0.25) is 0 Å². The first-order valence-electron chi connectivity index (χ1n) is 28.7. The lowest BCUT2D eigenvalue weighted by atomic mass is 9.49. The van der Waals surface area contributed by atoms with Crippen molar-refractivity contribution in [3.05, 3.63) is 231 Å². The van der Waals surface area contributed by atoms with Crippen molar-refractivity contribution in [3.63, 3.8) is 0 Å². The average Bonchev–Trinajstić information content (AvgIpc) is 1.53. The molecule has 0 aromatic heterocycles. The van der Waals surface area contributed by atoms with Crippen LogP contribution in [0.25, 0.3) is 22.3 Å². The summed E-state index contributed by atoms with van der Waals surface area (Å²) in [6.45, 7) is 24.5. The molecule has 0 radical (unpaired) electrons. The lowest BCUT2D eigenvalue weighted by Crippen LogP contribution is -2.41. The van der Waals surface area contributed by atoms with Crippen LogP contribution in [0.5, 0.6) is 23.0 Å². The minimum atomic E-state index is -0.636. The Balaban J connectivity index is 0.000000125. The number of halogens is 1. The summed E-state index contributed by atoms with van der Waals surface area (Å²) >= 11 is 6.50. The minimum Gasteiger partial charge on any atom is -0.457 e. The maximum atomic E-state index is 9.84. The Morgan fingerprint density at radius 2 is 0.631 bits per heavy atom. The molecule has 15 rings (SSSR count). The summed E-state index contributed by atoms with van der Waals surface area (Å²) in [4.78, 5) is 0. The molecule has 5 aliphatic heterocycles. The number of hydrogen-bond acceptors (Lipinski definition) is 10. The van der Waals surface area contributed by atoms with Gasteiger partial charge in [-0.2, -0.15) is 10.5 Å². The van der Waals surface area contributed by atoms with Gasteiger partial charge in [-0.1, -0.05) is 121 Å². The Kier molecular flexibility index (Phi) is 12.8. The molecule has 7 aliphatic rings. The van der Waals surface area contributed by atoms with Crippen molar-refractivity contribution in [2.75, 3.05) is 0 Å². The van der Waals surface area contributed by atoms with Crippen LogP contribution in [-0.4, -0.2) is 54.7 Å². The Bertz CT molecular complexity index is 3950. The van der Waals surface area contributed by atoms with E-state index in [1.807, 2.05) is 146 Å². The van der Waals surface area contributed by atoms with Crippen LogP contribution >= 0.6 is 11.6 Å². The third-order valence-corrected chi connectivity index (χ3v) is 19.6. The van der Waals surface area contributed by atoms with E-state index in [9.17, 15) is 10.5 Å². The van der Waals surface area contributed by atoms with Crippen molar-refractivity contribution in [1.82, 2.24) is 0 Å². The van der Waals surface area contributed by atoms with E-state index in [4.69, 9.17) is 49.0 Å². The van der Waals surface area contributed by atoms with Gasteiger partial charge in [0.25, 0.3) is 0 Å². The number of nitriles is 2. The largest absolute Gasteiger partial charge is 0.494 e. The predicted octanol–water partition coefficient (Wildman–Crippen LogP) is 15.3. The Hall–Kier alpha value is -7.42. The molecule has 84 heavy (non-hydrogen) atoms. The first-order valence-corrected chi connectivity index (χ1v) is 29.1. The fraction of sp³-hybridized carbons (Fsp3) is 0.286. The van der Waals surface area contributed by atoms with E-state index in [-0.39, 0.29) is 22.4 Å². The summed E-state index contributed by atoms with van der Waals surface area (Å²) in [5.41, 5.74) is 12.0. The summed E-state index contributed by atoms with van der Waals surface area (Å²) in [5.74, 6) is 3.30. The first-order chi connectivity index (χ1) is 39.9. The normalized spacial score (nSPS) is 20.1. The van der Waals surface area contributed by atoms with Crippen molar-refractivity contribution in [3.8, 4) is 57.4 Å². The molecule has 8 aromatic rings. The Labute approximate surface area is 498 Å². The molecule has 0 unspecified atom stereocenters. The number of para-hydroxylation sites is 4. The van der Waals surface area contributed by atoms with Crippen molar-refractivity contribution in [2.24, 2.45) is 0 Å². The van der Waals surface area contributed by atoms with Gasteiger partial charge in [0.15, 0.2) is 0 Å². The molecule has 10 nitrogen and oxygen atoms in total. The molecular formula is C70H64B3ClN2O8. The smallest absolute Gasteiger partial charge is 0.457 e. The molecule has 3 fully saturated rings. The van der Waals surface area contributed by atoms with Crippen molar-refractivity contribution < 1.29 is 37.4 Å². The van der Waals surface area contributed by atoms with E-state index >= 15 is 0 Å². The van der Waals surface area contributed by atoms with Gasteiger partial charge < -0.3 is 37.4 Å². The van der Waals surface area contributed by atoms with Crippen LogP contribution in [0.15, 0.2) is 170 Å². The second kappa shape index (κ2) is 19.3. The standard InChI is InChI=1S/C32H26BNO3.C26H14ClNO.C12H24B2O4/c1-30(2)31(3,4)37-33(36-30)21-14-16-23-22-15-13-20(19-34)17-26(22)32(27(23)18-21)24-9-5-7-11-28(24)35-29-12-8-6-10-25(29)32;27-17-10-12-19-18-11-9-16(15-28)13-22(18)26(23(19)14-17)20-5-1-3-7-24(20)29-25-8-4-2-6-21(25)26;1-9(2)10(3,4)16-13(15-9)14-17-11(5,6)12(7,8)18-14/h5-18H,1-4H3;1-14H;1-8H3. The molecule has 0 amide bonds. The van der Waals surface area contributed by atoms with Gasteiger partial charge in [-0.05, 0) is 194 Å². The van der Waals surface area contributed by atoms with E-state index in [2.05, 4.69) is 119 Å². The lowest BCUT2D eigenvalue weighted by molar-refractivity contribution is 0.00578. The van der Waals surface area contributed by atoms with Gasteiger partial charge in [0.05, 0.1) is 67.7 Å². The highest BCUT2D eigenvalue weighted by molar-refractivity contribution is 7.11. The quantitative estimate of drug-likeness (QED) is 0.155. The van der Waals surface area contributed by atoms with Gasteiger partial charge in [-0.25, -0.2) is 0 Å². The van der Waals surface area contributed by atoms with Crippen LogP contribution in [-0.2, 0) is 38.8 Å². The molecule has 2 spiro atoms. The van der Waals surface area contributed by atoms with Crippen molar-refractivity contribution in [2.45, 2.75) is 128 Å². The zero-order chi connectivity index (χ0) is 59.1. The van der Waals surface area contributed by atoms with E-state index in [1.165, 1.54) is 0 Å². The zero-order valence-corrected chi connectivity index (χ0v) is 50.2. The highest BCUT2D eigenvalue weighted by atomic mass is 35.5. The molecule has 14 heteroatoms. The van der Waals surface area contributed by atoms with Gasteiger partial charge in [0.1, 0.15) is 23.0 Å². The monoisotopic (exact) mass is 1130 g/mol. The highest BCUT2D eigenvalue weighted by Gasteiger charge is 2.64. The number of ether oxygens (including phenoxy) is 2. The second-order valence-electron chi connectivity index (χ2n) is 25.8.